The first-order chi connectivity index (χ1) is 7.13. The van der Waals surface area contributed by atoms with Crippen molar-refractivity contribution in [3.63, 3.8) is 0 Å². The number of hydrogen-bond donors (Lipinski definition) is 1. The number of nitrogens with zero attached hydrogens (tertiary/aromatic N) is 1. The second-order valence-corrected chi connectivity index (χ2v) is 3.21. The molecular formula is C10H10N2O3. The zero-order valence-corrected chi connectivity index (χ0v) is 8.40. The van der Waals surface area contributed by atoms with Crippen molar-refractivity contribution in [2.75, 3.05) is 7.11 Å². The lowest BCUT2D eigenvalue weighted by Gasteiger charge is -2.03. The Hall–Kier alpha value is -2.04. The quantitative estimate of drug-likeness (QED) is 0.726. The van der Waals surface area contributed by atoms with E-state index in [9.17, 15) is 9.59 Å². The highest BCUT2D eigenvalue weighted by atomic mass is 16.5. The molecular weight excluding hydrogens is 196 g/mol. The zero-order chi connectivity index (χ0) is 11.0. The molecule has 0 atom stereocenters. The largest absolute Gasteiger partial charge is 0.497 e. The van der Waals surface area contributed by atoms with Crippen LogP contribution in [0.4, 0.5) is 0 Å². The highest BCUT2D eigenvalue weighted by molar-refractivity contribution is 5.78. The molecule has 0 saturated carbocycles. The van der Waals surface area contributed by atoms with E-state index in [1.54, 1.807) is 18.2 Å². The molecule has 0 saturated heterocycles. The maximum Gasteiger partial charge on any atom is 0.328 e. The number of aromatic nitrogens is 2. The Balaban J connectivity index is 2.93. The lowest BCUT2D eigenvalue weighted by Crippen LogP contribution is -2.32. The monoisotopic (exact) mass is 206 g/mol. The number of H-pyrrole nitrogens is 1. The van der Waals surface area contributed by atoms with Crippen molar-refractivity contribution in [2.24, 2.45) is 7.05 Å². The molecule has 0 fully saturated rings. The number of nitrogens with one attached hydrogen (secondary N) is 1. The molecule has 1 heterocycles. The van der Waals surface area contributed by atoms with E-state index in [-0.39, 0.29) is 5.56 Å². The van der Waals surface area contributed by atoms with E-state index >= 15 is 0 Å². The van der Waals surface area contributed by atoms with Gasteiger partial charge in [0.15, 0.2) is 0 Å². The second-order valence-electron chi connectivity index (χ2n) is 3.21. The van der Waals surface area contributed by atoms with Gasteiger partial charge in [0.25, 0.3) is 5.56 Å². The SMILES string of the molecule is COc1ccc2c(=O)n(C)c(=O)[nH]c2c1. The molecule has 5 nitrogen and oxygen atoms in total. The summed E-state index contributed by atoms with van der Waals surface area (Å²) in [5.41, 5.74) is -0.250. The summed E-state index contributed by atoms with van der Waals surface area (Å²) in [6.07, 6.45) is 0. The average Bonchev–Trinajstić information content (AvgIpc) is 2.25. The summed E-state index contributed by atoms with van der Waals surface area (Å²) >= 11 is 0. The van der Waals surface area contributed by atoms with Crippen LogP contribution in [0.5, 0.6) is 5.75 Å². The molecule has 2 rings (SSSR count). The van der Waals surface area contributed by atoms with Gasteiger partial charge in [0, 0.05) is 13.1 Å². The van der Waals surface area contributed by atoms with Gasteiger partial charge in [-0.3, -0.25) is 9.36 Å². The molecule has 0 spiro atoms. The van der Waals surface area contributed by atoms with Crippen LogP contribution in [-0.4, -0.2) is 16.7 Å². The summed E-state index contributed by atoms with van der Waals surface area (Å²) in [6.45, 7) is 0. The minimum Gasteiger partial charge on any atom is -0.497 e. The highest BCUT2D eigenvalue weighted by Gasteiger charge is 2.04. The van der Waals surface area contributed by atoms with Gasteiger partial charge in [0.1, 0.15) is 5.75 Å². The minimum absolute atomic E-state index is 0.309. The van der Waals surface area contributed by atoms with E-state index in [0.29, 0.717) is 16.7 Å². The van der Waals surface area contributed by atoms with Gasteiger partial charge in [-0.2, -0.15) is 0 Å². The van der Waals surface area contributed by atoms with E-state index in [1.165, 1.54) is 14.2 Å². The maximum absolute atomic E-state index is 11.7. The van der Waals surface area contributed by atoms with Crippen LogP contribution < -0.4 is 16.0 Å². The fraction of sp³-hybridized carbons (Fsp3) is 0.200. The van der Waals surface area contributed by atoms with Gasteiger partial charge in [-0.15, -0.1) is 0 Å². The molecule has 0 aliphatic carbocycles. The van der Waals surface area contributed by atoms with Gasteiger partial charge in [-0.05, 0) is 12.1 Å². The number of methoxy groups -OCH3 is 1. The minimum atomic E-state index is -0.430. The van der Waals surface area contributed by atoms with Crippen molar-refractivity contribution in [1.82, 2.24) is 9.55 Å². The highest BCUT2D eigenvalue weighted by Crippen LogP contribution is 2.14. The summed E-state index contributed by atoms with van der Waals surface area (Å²) in [6, 6.07) is 4.94. The number of benzene rings is 1. The molecule has 5 heteroatoms. The van der Waals surface area contributed by atoms with Crippen molar-refractivity contribution in [3.8, 4) is 5.75 Å². The van der Waals surface area contributed by atoms with Gasteiger partial charge >= 0.3 is 5.69 Å². The van der Waals surface area contributed by atoms with E-state index in [1.807, 2.05) is 0 Å². The van der Waals surface area contributed by atoms with Crippen LogP contribution in [-0.2, 0) is 7.05 Å². The van der Waals surface area contributed by atoms with Crippen LogP contribution in [0.1, 0.15) is 0 Å². The van der Waals surface area contributed by atoms with Gasteiger partial charge in [0.2, 0.25) is 0 Å². The van der Waals surface area contributed by atoms with Crippen molar-refractivity contribution in [2.45, 2.75) is 0 Å². The topological polar surface area (TPSA) is 64.1 Å². The second kappa shape index (κ2) is 3.27. The third-order valence-electron chi connectivity index (χ3n) is 2.31. The van der Waals surface area contributed by atoms with Gasteiger partial charge in [-0.1, -0.05) is 0 Å². The predicted octanol–water partition coefficient (Wildman–Crippen LogP) is 0.235. The standard InChI is InChI=1S/C10H10N2O3/c1-12-9(13)7-4-3-6(15-2)5-8(7)11-10(12)14/h3-5H,1-2H3,(H,11,14). The van der Waals surface area contributed by atoms with E-state index in [2.05, 4.69) is 4.98 Å². The molecule has 1 aromatic carbocycles. The van der Waals surface area contributed by atoms with Crippen LogP contribution >= 0.6 is 0 Å². The molecule has 1 N–H and O–H groups in total. The van der Waals surface area contributed by atoms with Crippen molar-refractivity contribution in [1.29, 1.82) is 0 Å². The molecule has 0 bridgehead atoms. The fourth-order valence-corrected chi connectivity index (χ4v) is 1.41. The molecule has 78 valence electrons. The van der Waals surface area contributed by atoms with Crippen LogP contribution in [0.3, 0.4) is 0 Å². The summed E-state index contributed by atoms with van der Waals surface area (Å²) in [4.78, 5) is 25.6. The smallest absolute Gasteiger partial charge is 0.328 e. The third-order valence-corrected chi connectivity index (χ3v) is 2.31. The first kappa shape index (κ1) is 9.51. The van der Waals surface area contributed by atoms with Gasteiger partial charge in [0.05, 0.1) is 18.0 Å². The molecule has 2 aromatic rings. The first-order valence-electron chi connectivity index (χ1n) is 4.40. The van der Waals surface area contributed by atoms with Crippen LogP contribution in [0.25, 0.3) is 10.9 Å². The summed E-state index contributed by atoms with van der Waals surface area (Å²) in [5.74, 6) is 0.603. The average molecular weight is 206 g/mol. The lowest BCUT2D eigenvalue weighted by atomic mass is 10.2. The molecule has 15 heavy (non-hydrogen) atoms. The van der Waals surface area contributed by atoms with Gasteiger partial charge in [-0.25, -0.2) is 4.79 Å². The number of hydrogen-bond acceptors (Lipinski definition) is 3. The molecule has 0 radical (unpaired) electrons. The van der Waals surface area contributed by atoms with Crippen LogP contribution in [0.15, 0.2) is 27.8 Å². The van der Waals surface area contributed by atoms with E-state index < -0.39 is 5.69 Å². The van der Waals surface area contributed by atoms with Crippen LogP contribution in [0, 0.1) is 0 Å². The summed E-state index contributed by atoms with van der Waals surface area (Å²) < 4.78 is 6.04. The Morgan fingerprint density at radius 1 is 1.33 bits per heavy atom. The molecule has 0 amide bonds. The summed E-state index contributed by atoms with van der Waals surface area (Å²) in [5, 5.41) is 0.470. The molecule has 1 aromatic heterocycles. The lowest BCUT2D eigenvalue weighted by molar-refractivity contribution is 0.415. The predicted molar refractivity (Wildman–Crippen MR) is 56.4 cm³/mol. The van der Waals surface area contributed by atoms with Gasteiger partial charge < -0.3 is 9.72 Å². The Morgan fingerprint density at radius 2 is 2.07 bits per heavy atom. The Morgan fingerprint density at radius 3 is 2.73 bits per heavy atom. The number of aromatic amines is 1. The van der Waals surface area contributed by atoms with Crippen LogP contribution in [0.2, 0.25) is 0 Å². The van der Waals surface area contributed by atoms with Crippen molar-refractivity contribution in [3.05, 3.63) is 39.0 Å². The number of fused-ring (bicyclic) bond motifs is 1. The Labute approximate surface area is 84.9 Å². The number of ether oxygens (including phenoxy) is 1. The fourth-order valence-electron chi connectivity index (χ4n) is 1.41. The van der Waals surface area contributed by atoms with Crippen molar-refractivity contribution < 1.29 is 4.74 Å². The first-order valence-corrected chi connectivity index (χ1v) is 4.40. The van der Waals surface area contributed by atoms with E-state index in [4.69, 9.17) is 4.74 Å². The normalized spacial score (nSPS) is 10.5. The maximum atomic E-state index is 11.7. The molecule has 0 unspecified atom stereocenters. The molecule has 0 aliphatic heterocycles. The summed E-state index contributed by atoms with van der Waals surface area (Å²) in [7, 11) is 2.96. The zero-order valence-electron chi connectivity index (χ0n) is 8.40. The Kier molecular flexibility index (Phi) is 2.07. The Bertz CT molecular complexity index is 625. The van der Waals surface area contributed by atoms with Crippen molar-refractivity contribution >= 4 is 10.9 Å². The number of rotatable bonds is 1. The molecule has 0 aliphatic rings. The third kappa shape index (κ3) is 1.41. The van der Waals surface area contributed by atoms with E-state index in [0.717, 1.165) is 4.57 Å².